The van der Waals surface area contributed by atoms with Gasteiger partial charge in [-0.15, -0.1) is 0 Å². The number of rotatable bonds is 6. The molecule has 4 aliphatic rings. The van der Waals surface area contributed by atoms with Crippen LogP contribution in [0.4, 0.5) is 4.79 Å². The van der Waals surface area contributed by atoms with Crippen LogP contribution < -0.4 is 10.6 Å². The molecule has 0 aromatic heterocycles. The fraction of sp³-hybridized carbons (Fsp3) is 0.722. The van der Waals surface area contributed by atoms with Crippen molar-refractivity contribution in [1.29, 1.82) is 0 Å². The lowest BCUT2D eigenvalue weighted by Gasteiger charge is -2.42. The first kappa shape index (κ1) is 18.7. The highest BCUT2D eigenvalue weighted by Gasteiger charge is 2.45. The van der Waals surface area contributed by atoms with Crippen LogP contribution >= 0.6 is 0 Å². The van der Waals surface area contributed by atoms with Crippen molar-refractivity contribution in [3.05, 3.63) is 0 Å². The summed E-state index contributed by atoms with van der Waals surface area (Å²) in [5.74, 6) is -1.50. The summed E-state index contributed by atoms with van der Waals surface area (Å²) in [7, 11) is 1.66. The number of nitrogens with zero attached hydrogens (tertiary/aromatic N) is 3. The van der Waals surface area contributed by atoms with E-state index in [9.17, 15) is 24.0 Å². The summed E-state index contributed by atoms with van der Waals surface area (Å²) in [6.07, 6.45) is 3.89. The summed E-state index contributed by atoms with van der Waals surface area (Å²) in [4.78, 5) is 64.4. The third kappa shape index (κ3) is 3.55. The number of imide groups is 1. The number of nitrogens with one attached hydrogen (secondary N) is 2. The highest BCUT2D eigenvalue weighted by molar-refractivity contribution is 6.03. The van der Waals surface area contributed by atoms with Gasteiger partial charge in [0.25, 0.3) is 0 Å². The summed E-state index contributed by atoms with van der Waals surface area (Å²) < 4.78 is 0. The van der Waals surface area contributed by atoms with Gasteiger partial charge < -0.3 is 20.0 Å². The molecule has 2 heterocycles. The summed E-state index contributed by atoms with van der Waals surface area (Å²) in [5, 5.41) is 5.07. The van der Waals surface area contributed by atoms with Crippen LogP contribution in [0.1, 0.15) is 32.1 Å². The molecule has 4 rings (SSSR count). The number of hydrogen-bond acceptors (Lipinski definition) is 5. The molecule has 0 bridgehead atoms. The third-order valence-electron chi connectivity index (χ3n) is 6.14. The highest BCUT2D eigenvalue weighted by atomic mass is 16.2. The summed E-state index contributed by atoms with van der Waals surface area (Å²) in [6, 6.07) is -0.286. The van der Waals surface area contributed by atoms with E-state index >= 15 is 0 Å². The lowest BCUT2D eigenvalue weighted by Crippen LogP contribution is -2.56. The fourth-order valence-corrected chi connectivity index (χ4v) is 4.11. The molecule has 2 aliphatic carbocycles. The molecule has 6 amide bonds. The average Bonchev–Trinajstić information content (AvgIpc) is 3.30. The Morgan fingerprint density at radius 3 is 2.50 bits per heavy atom. The van der Waals surface area contributed by atoms with E-state index in [1.807, 2.05) is 4.90 Å². The number of hydrogen-bond donors (Lipinski definition) is 2. The second-order valence-electron chi connectivity index (χ2n) is 8.15. The number of amides is 6. The molecule has 0 aromatic rings. The normalized spacial score (nSPS) is 29.6. The topological polar surface area (TPSA) is 119 Å². The summed E-state index contributed by atoms with van der Waals surface area (Å²) >= 11 is 0. The Kier molecular flexibility index (Phi) is 4.72. The predicted octanol–water partition coefficient (Wildman–Crippen LogP) is -1.35. The van der Waals surface area contributed by atoms with E-state index in [1.54, 1.807) is 11.9 Å². The van der Waals surface area contributed by atoms with Gasteiger partial charge in [0.1, 0.15) is 19.0 Å². The van der Waals surface area contributed by atoms with Crippen LogP contribution in [0, 0.1) is 5.92 Å². The first-order valence-electron chi connectivity index (χ1n) is 9.78. The van der Waals surface area contributed by atoms with E-state index in [0.717, 1.165) is 12.8 Å². The van der Waals surface area contributed by atoms with Crippen LogP contribution in [0.3, 0.4) is 0 Å². The summed E-state index contributed by atoms with van der Waals surface area (Å²) in [6.45, 7) is 0.420. The van der Waals surface area contributed by atoms with Gasteiger partial charge in [0.05, 0.1) is 0 Å². The molecule has 4 fully saturated rings. The quantitative estimate of drug-likeness (QED) is 0.429. The summed E-state index contributed by atoms with van der Waals surface area (Å²) in [5.41, 5.74) is 0. The second kappa shape index (κ2) is 7.06. The monoisotopic (exact) mass is 391 g/mol. The van der Waals surface area contributed by atoms with E-state index in [4.69, 9.17) is 0 Å². The largest absolute Gasteiger partial charge is 0.353 e. The minimum Gasteiger partial charge on any atom is -0.353 e. The molecule has 0 aromatic carbocycles. The minimum atomic E-state index is -0.578. The smallest absolute Gasteiger partial charge is 0.325 e. The van der Waals surface area contributed by atoms with Crippen LogP contribution in [0.2, 0.25) is 0 Å². The van der Waals surface area contributed by atoms with Crippen LogP contribution in [0.5, 0.6) is 0 Å². The Morgan fingerprint density at radius 1 is 1.18 bits per heavy atom. The Labute approximate surface area is 162 Å². The van der Waals surface area contributed by atoms with Crippen molar-refractivity contribution in [3.8, 4) is 0 Å². The Bertz CT molecular complexity index is 730. The Morgan fingerprint density at radius 2 is 1.89 bits per heavy atom. The molecule has 28 heavy (non-hydrogen) atoms. The molecule has 152 valence electrons. The molecule has 10 heteroatoms. The molecule has 2 saturated heterocycles. The molecule has 10 nitrogen and oxygen atoms in total. The van der Waals surface area contributed by atoms with Crippen LogP contribution in [-0.2, 0) is 19.2 Å². The zero-order valence-corrected chi connectivity index (χ0v) is 15.8. The number of likely N-dealkylation sites (N-methyl/N-ethyl adjacent to an activating group) is 1. The van der Waals surface area contributed by atoms with Gasteiger partial charge in [-0.25, -0.2) is 4.79 Å². The van der Waals surface area contributed by atoms with E-state index in [1.165, 1.54) is 4.90 Å². The van der Waals surface area contributed by atoms with E-state index in [0.29, 0.717) is 31.8 Å². The van der Waals surface area contributed by atoms with Crippen molar-refractivity contribution in [2.75, 3.05) is 26.7 Å². The third-order valence-corrected chi connectivity index (χ3v) is 6.14. The SMILES string of the molecule is CN(C(=O)CN1CC(=O)NC1=O)C1CC(NC(=O)C2CCN(C3CC3)C2=O)C1. The molecule has 0 spiro atoms. The van der Waals surface area contributed by atoms with Crippen molar-refractivity contribution in [2.45, 2.75) is 50.2 Å². The average molecular weight is 391 g/mol. The van der Waals surface area contributed by atoms with Crippen LogP contribution in [0.25, 0.3) is 0 Å². The van der Waals surface area contributed by atoms with Crippen molar-refractivity contribution in [2.24, 2.45) is 5.92 Å². The van der Waals surface area contributed by atoms with Crippen molar-refractivity contribution >= 4 is 29.7 Å². The molecule has 2 aliphatic heterocycles. The molecule has 2 saturated carbocycles. The molecular formula is C18H25N5O5. The first-order valence-corrected chi connectivity index (χ1v) is 9.78. The lowest BCUT2D eigenvalue weighted by atomic mass is 9.85. The zero-order chi connectivity index (χ0) is 20.0. The standard InChI is InChI=1S/C18H25N5O5/c1-21(15(25)9-22-8-14(24)20-18(22)28)12-6-10(7-12)19-16(26)13-4-5-23(17(13)27)11-2-3-11/h10-13H,2-9H2,1H3,(H,19,26)(H,20,24,28). The van der Waals surface area contributed by atoms with Gasteiger partial charge in [-0.05, 0) is 32.1 Å². The molecule has 0 radical (unpaired) electrons. The van der Waals surface area contributed by atoms with Gasteiger partial charge >= 0.3 is 6.03 Å². The predicted molar refractivity (Wildman–Crippen MR) is 95.7 cm³/mol. The molecule has 1 atom stereocenters. The van der Waals surface area contributed by atoms with E-state index in [-0.39, 0.29) is 42.9 Å². The van der Waals surface area contributed by atoms with E-state index < -0.39 is 17.9 Å². The van der Waals surface area contributed by atoms with Gasteiger partial charge in [0, 0.05) is 31.7 Å². The Hall–Kier alpha value is -2.65. The number of carbonyl (C=O) groups is 5. The first-order chi connectivity index (χ1) is 13.3. The molecule has 2 N–H and O–H groups in total. The van der Waals surface area contributed by atoms with Crippen molar-refractivity contribution in [1.82, 2.24) is 25.3 Å². The van der Waals surface area contributed by atoms with Gasteiger partial charge in [-0.1, -0.05) is 0 Å². The zero-order valence-electron chi connectivity index (χ0n) is 15.8. The second-order valence-corrected chi connectivity index (χ2v) is 8.15. The highest BCUT2D eigenvalue weighted by Crippen LogP contribution is 2.33. The number of urea groups is 1. The van der Waals surface area contributed by atoms with Gasteiger partial charge in [0.2, 0.25) is 23.6 Å². The van der Waals surface area contributed by atoms with Gasteiger partial charge in [0.15, 0.2) is 0 Å². The maximum atomic E-state index is 12.4. The lowest BCUT2D eigenvalue weighted by molar-refractivity contribution is -0.138. The van der Waals surface area contributed by atoms with Crippen molar-refractivity contribution < 1.29 is 24.0 Å². The van der Waals surface area contributed by atoms with Gasteiger partial charge in [-0.3, -0.25) is 24.5 Å². The Balaban J connectivity index is 1.20. The maximum absolute atomic E-state index is 12.4. The van der Waals surface area contributed by atoms with Crippen LogP contribution in [0.15, 0.2) is 0 Å². The molecule has 1 unspecified atom stereocenters. The van der Waals surface area contributed by atoms with Gasteiger partial charge in [-0.2, -0.15) is 0 Å². The van der Waals surface area contributed by atoms with Crippen molar-refractivity contribution in [3.63, 3.8) is 0 Å². The number of likely N-dealkylation sites (tertiary alicyclic amines) is 1. The maximum Gasteiger partial charge on any atom is 0.325 e. The molecular weight excluding hydrogens is 366 g/mol. The van der Waals surface area contributed by atoms with Crippen LogP contribution in [-0.4, -0.2) is 89.2 Å². The minimum absolute atomic E-state index is 0.0265. The number of carbonyl (C=O) groups excluding carboxylic acids is 5. The fourth-order valence-electron chi connectivity index (χ4n) is 4.11. The van der Waals surface area contributed by atoms with E-state index in [2.05, 4.69) is 10.6 Å².